The molecule has 5 nitrogen and oxygen atoms in total. The Bertz CT molecular complexity index is 139. The minimum absolute atomic E-state index is 0. The number of hydrogen-bond donors (Lipinski definition) is 2. The lowest BCUT2D eigenvalue weighted by Gasteiger charge is -2.13. The van der Waals surface area contributed by atoms with Gasteiger partial charge in [0.05, 0.1) is 14.1 Å². The van der Waals surface area contributed by atoms with Crippen LogP contribution in [0.25, 0.3) is 0 Å². The van der Waals surface area contributed by atoms with Crippen LogP contribution in [0.2, 0.25) is 0 Å². The van der Waals surface area contributed by atoms with E-state index in [-0.39, 0.29) is 12.4 Å². The van der Waals surface area contributed by atoms with Crippen molar-refractivity contribution >= 4 is 12.2 Å². The minimum atomic E-state index is -1.39. The quantitative estimate of drug-likeness (QED) is 0.391. The van der Waals surface area contributed by atoms with Gasteiger partial charge in [-0.3, -0.25) is 0 Å². The Morgan fingerprint density at radius 2 is 1.30 bits per heavy atom. The van der Waals surface area contributed by atoms with Gasteiger partial charge in [-0.25, -0.2) is 0 Å². The molecule has 0 aliphatic heterocycles. The zero-order valence-corrected chi connectivity index (χ0v) is 6.29. The lowest BCUT2D eigenvalue weighted by Crippen LogP contribution is -3.00. The lowest BCUT2D eigenvalue weighted by atomic mass is 10.7. The smallest absolute Gasteiger partial charge is 0.523 e. The summed E-state index contributed by atoms with van der Waals surface area (Å²) in [5.41, 5.74) is 0. The molecular weight excluding hydrogens is 161 g/mol. The highest BCUT2D eigenvalue weighted by Gasteiger charge is 2.35. The predicted octanol–water partition coefficient (Wildman–Crippen LogP) is -2.58. The van der Waals surface area contributed by atoms with Crippen LogP contribution in [0, 0.1) is 0 Å². The van der Waals surface area contributed by atoms with Crippen molar-refractivity contribution < 1.29 is 36.7 Å². The second-order valence-corrected chi connectivity index (χ2v) is 2.02. The Hall–Kier alpha value is -0.810. The normalized spacial score (nSPS) is 9.80. The number of carbonyl (C=O) groups is 2. The third-order valence-electron chi connectivity index (χ3n) is 0.956. The molecule has 0 unspecified atom stereocenters. The number of nitrogens with zero attached hydrogens (tertiary/aromatic N) is 1. The summed E-state index contributed by atoms with van der Waals surface area (Å²) in [6.45, 7) is 0. The largest absolute Gasteiger partial charge is 1.00 e. The number of imide groups is 1. The molecule has 0 bridgehead atoms. The molecule has 0 aromatic rings. The van der Waals surface area contributed by atoms with Gasteiger partial charge in [0.15, 0.2) is 0 Å². The lowest BCUT2D eigenvalue weighted by molar-refractivity contribution is -0.740. The van der Waals surface area contributed by atoms with E-state index >= 15 is 0 Å². The van der Waals surface area contributed by atoms with Crippen molar-refractivity contribution in [3.63, 3.8) is 0 Å². The highest BCUT2D eigenvalue weighted by Crippen LogP contribution is 1.96. The van der Waals surface area contributed by atoms with Crippen molar-refractivity contribution in [1.82, 2.24) is 0 Å². The molecule has 0 aromatic carbocycles. The van der Waals surface area contributed by atoms with Gasteiger partial charge in [-0.15, -0.1) is 4.48 Å². The van der Waals surface area contributed by atoms with Crippen LogP contribution in [0.15, 0.2) is 0 Å². The van der Waals surface area contributed by atoms with Gasteiger partial charge < -0.3 is 22.6 Å². The molecule has 0 spiro atoms. The number of carboxylic acid groups (broad SMARTS) is 2. The van der Waals surface area contributed by atoms with E-state index in [1.807, 2.05) is 0 Å². The maximum absolute atomic E-state index is 10.1. The van der Waals surface area contributed by atoms with Gasteiger partial charge in [-0.1, -0.05) is 0 Å². The van der Waals surface area contributed by atoms with E-state index in [9.17, 15) is 9.59 Å². The molecule has 0 aromatic heterocycles. The summed E-state index contributed by atoms with van der Waals surface area (Å²) in [7, 11) is 2.15. The van der Waals surface area contributed by atoms with Crippen molar-refractivity contribution in [1.29, 1.82) is 0 Å². The van der Waals surface area contributed by atoms with E-state index in [1.165, 1.54) is 0 Å². The van der Waals surface area contributed by atoms with E-state index in [1.54, 1.807) is 0 Å². The Morgan fingerprint density at radius 1 is 1.10 bits per heavy atom. The molecule has 0 aliphatic carbocycles. The molecule has 6 heteroatoms. The first-order valence-electron chi connectivity index (χ1n) is 2.20. The summed E-state index contributed by atoms with van der Waals surface area (Å²) in [5.74, 6) is 0. The van der Waals surface area contributed by atoms with Crippen molar-refractivity contribution in [3.8, 4) is 0 Å². The van der Waals surface area contributed by atoms with Crippen LogP contribution in [-0.4, -0.2) is 41.0 Å². The van der Waals surface area contributed by atoms with E-state index in [2.05, 4.69) is 0 Å². The summed E-state index contributed by atoms with van der Waals surface area (Å²) in [4.78, 5) is 20.1. The molecule has 0 heterocycles. The topological polar surface area (TPSA) is 74.6 Å². The average Bonchev–Trinajstić information content (AvgIpc) is 1.65. The molecule has 60 valence electrons. The van der Waals surface area contributed by atoms with Crippen LogP contribution >= 0.6 is 0 Å². The van der Waals surface area contributed by atoms with Crippen molar-refractivity contribution in [2.75, 3.05) is 14.1 Å². The Balaban J connectivity index is 0. The summed E-state index contributed by atoms with van der Waals surface area (Å²) < 4.78 is -1.06. The third kappa shape index (κ3) is 2.20. The van der Waals surface area contributed by atoms with Gasteiger partial charge in [0.1, 0.15) is 0 Å². The summed E-state index contributed by atoms with van der Waals surface area (Å²) in [6, 6.07) is 0. The number of quaternary nitrogens is 1. The van der Waals surface area contributed by atoms with Crippen LogP contribution in [-0.2, 0) is 0 Å². The molecule has 0 aliphatic rings. The molecule has 2 N–H and O–H groups in total. The predicted molar refractivity (Wildman–Crippen MR) is 28.2 cm³/mol. The first-order chi connectivity index (χ1) is 3.89. The second kappa shape index (κ2) is 3.38. The minimum Gasteiger partial charge on any atom is -1.00 e. The zero-order chi connectivity index (χ0) is 7.65. The van der Waals surface area contributed by atoms with Crippen molar-refractivity contribution in [3.05, 3.63) is 0 Å². The first-order valence-corrected chi connectivity index (χ1v) is 2.20. The highest BCUT2D eigenvalue weighted by molar-refractivity contribution is 5.73. The molecule has 0 fully saturated rings. The summed E-state index contributed by atoms with van der Waals surface area (Å²) >= 11 is 0. The number of halogens is 1. The highest BCUT2D eigenvalue weighted by atomic mass is 35.5. The second-order valence-electron chi connectivity index (χ2n) is 2.02. The molecule has 10 heavy (non-hydrogen) atoms. The van der Waals surface area contributed by atoms with Gasteiger partial charge in [0, 0.05) is 0 Å². The Morgan fingerprint density at radius 3 is 1.30 bits per heavy atom. The van der Waals surface area contributed by atoms with Gasteiger partial charge in [-0.2, -0.15) is 9.59 Å². The standard InChI is InChI=1S/C4H7NO4.ClH/c1-5(2,3(6)7)4(8)9;/h1-2H3,(H-,6,7,8,9);1H. The molecular formula is C4H8ClNO4. The maximum Gasteiger partial charge on any atom is 0.523 e. The molecule has 0 atom stereocenters. The van der Waals surface area contributed by atoms with Gasteiger partial charge >= 0.3 is 12.2 Å². The zero-order valence-electron chi connectivity index (χ0n) is 5.54. The van der Waals surface area contributed by atoms with Crippen molar-refractivity contribution in [2.45, 2.75) is 0 Å². The number of amides is 2. The van der Waals surface area contributed by atoms with Crippen LogP contribution in [0.1, 0.15) is 0 Å². The van der Waals surface area contributed by atoms with Gasteiger partial charge in [-0.05, 0) is 0 Å². The Kier molecular flexibility index (Phi) is 4.03. The fourth-order valence-electron chi connectivity index (χ4n) is 0.0818. The summed E-state index contributed by atoms with van der Waals surface area (Å²) in [6.07, 6.45) is -2.77. The van der Waals surface area contributed by atoms with Gasteiger partial charge in [0.2, 0.25) is 0 Å². The first kappa shape index (κ1) is 11.9. The molecule has 0 rings (SSSR count). The summed E-state index contributed by atoms with van der Waals surface area (Å²) in [5, 5.41) is 16.4. The van der Waals surface area contributed by atoms with Crippen LogP contribution in [0.5, 0.6) is 0 Å². The van der Waals surface area contributed by atoms with Gasteiger partial charge in [0.25, 0.3) is 0 Å². The third-order valence-corrected chi connectivity index (χ3v) is 0.956. The number of hydrogen-bond acceptors (Lipinski definition) is 2. The van der Waals surface area contributed by atoms with E-state index in [0.29, 0.717) is 0 Å². The fraction of sp³-hybridized carbons (Fsp3) is 0.500. The Labute approximate surface area is 63.9 Å². The van der Waals surface area contributed by atoms with E-state index in [0.717, 1.165) is 14.1 Å². The molecule has 2 amide bonds. The van der Waals surface area contributed by atoms with Crippen LogP contribution < -0.4 is 12.4 Å². The molecule has 0 saturated carbocycles. The van der Waals surface area contributed by atoms with Crippen LogP contribution in [0.3, 0.4) is 0 Å². The SMILES string of the molecule is C[N+](C)(C(=O)O)C(=O)O.[Cl-]. The van der Waals surface area contributed by atoms with Crippen molar-refractivity contribution in [2.24, 2.45) is 0 Å². The molecule has 0 saturated heterocycles. The average molecular weight is 170 g/mol. The fourth-order valence-corrected chi connectivity index (χ4v) is 0.0818. The molecule has 0 radical (unpaired) electrons. The monoisotopic (exact) mass is 169 g/mol. The maximum atomic E-state index is 10.1. The number of rotatable bonds is 0. The van der Waals surface area contributed by atoms with Crippen LogP contribution in [0.4, 0.5) is 9.59 Å². The van der Waals surface area contributed by atoms with E-state index in [4.69, 9.17) is 10.2 Å². The van der Waals surface area contributed by atoms with E-state index < -0.39 is 16.7 Å².